The minimum absolute atomic E-state index is 0.0536. The maximum atomic E-state index is 11.8. The van der Waals surface area contributed by atoms with Gasteiger partial charge in [-0.05, 0) is 63.6 Å². The minimum Gasteiger partial charge on any atom is -0.342 e. The summed E-state index contributed by atoms with van der Waals surface area (Å²) in [5, 5.41) is 0. The van der Waals surface area contributed by atoms with Crippen molar-refractivity contribution < 1.29 is 4.79 Å². The summed E-state index contributed by atoms with van der Waals surface area (Å²) in [6.45, 7) is 2.68. The third-order valence-corrected chi connectivity index (χ3v) is 3.34. The van der Waals surface area contributed by atoms with E-state index in [1.165, 1.54) is 0 Å². The highest BCUT2D eigenvalue weighted by molar-refractivity contribution is 14.1. The van der Waals surface area contributed by atoms with Crippen molar-refractivity contribution in [1.82, 2.24) is 4.90 Å². The molecule has 76 valence electrons. The summed E-state index contributed by atoms with van der Waals surface area (Å²) < 4.78 is 1.92. The number of benzene rings is 1. The lowest BCUT2D eigenvalue weighted by Crippen LogP contribution is -2.26. The number of nitrogens with zero attached hydrogens (tertiary/aromatic N) is 1. The number of hydrogen-bond acceptors (Lipinski definition) is 1. The van der Waals surface area contributed by atoms with E-state index in [2.05, 4.69) is 38.5 Å². The number of carbonyl (C=O) groups excluding carboxylic acids is 1. The molecule has 0 radical (unpaired) electrons. The van der Waals surface area contributed by atoms with Crippen LogP contribution in [-0.4, -0.2) is 24.4 Å². The topological polar surface area (TPSA) is 20.3 Å². The van der Waals surface area contributed by atoms with Crippen molar-refractivity contribution in [1.29, 1.82) is 0 Å². The molecule has 0 saturated carbocycles. The van der Waals surface area contributed by atoms with Gasteiger partial charge in [0.2, 0.25) is 0 Å². The molecule has 0 saturated heterocycles. The van der Waals surface area contributed by atoms with Crippen molar-refractivity contribution in [2.45, 2.75) is 6.92 Å². The Labute approximate surface area is 106 Å². The van der Waals surface area contributed by atoms with Crippen molar-refractivity contribution in [2.24, 2.45) is 0 Å². The van der Waals surface area contributed by atoms with Crippen LogP contribution in [0.3, 0.4) is 0 Å². The van der Waals surface area contributed by atoms with Gasteiger partial charge in [0.15, 0.2) is 0 Å². The van der Waals surface area contributed by atoms with E-state index < -0.39 is 0 Å². The standard InChI is InChI=1S/C10H11BrINO/c1-3-13(2)10(14)8-6-7(12)4-5-9(8)11/h4-6H,3H2,1-2H3. The lowest BCUT2D eigenvalue weighted by atomic mass is 10.2. The second-order valence-electron chi connectivity index (χ2n) is 2.94. The molecule has 0 heterocycles. The van der Waals surface area contributed by atoms with E-state index in [4.69, 9.17) is 0 Å². The van der Waals surface area contributed by atoms with Gasteiger partial charge in [-0.25, -0.2) is 0 Å². The minimum atomic E-state index is 0.0536. The van der Waals surface area contributed by atoms with Gasteiger partial charge in [-0.3, -0.25) is 4.79 Å². The Morgan fingerprint density at radius 2 is 2.21 bits per heavy atom. The average Bonchev–Trinajstić information content (AvgIpc) is 2.19. The molecule has 0 aliphatic carbocycles. The summed E-state index contributed by atoms with van der Waals surface area (Å²) in [5.41, 5.74) is 0.723. The fourth-order valence-corrected chi connectivity index (χ4v) is 1.92. The normalized spacial score (nSPS) is 10.0. The summed E-state index contributed by atoms with van der Waals surface area (Å²) in [6, 6.07) is 5.75. The van der Waals surface area contributed by atoms with Gasteiger partial charge in [0.25, 0.3) is 5.91 Å². The fraction of sp³-hybridized carbons (Fsp3) is 0.300. The van der Waals surface area contributed by atoms with Gasteiger partial charge in [0.1, 0.15) is 0 Å². The molecule has 0 bridgehead atoms. The lowest BCUT2D eigenvalue weighted by molar-refractivity contribution is 0.0801. The number of halogens is 2. The second-order valence-corrected chi connectivity index (χ2v) is 5.04. The highest BCUT2D eigenvalue weighted by atomic mass is 127. The third-order valence-electron chi connectivity index (χ3n) is 1.98. The lowest BCUT2D eigenvalue weighted by Gasteiger charge is -2.15. The Morgan fingerprint density at radius 3 is 2.79 bits per heavy atom. The van der Waals surface area contributed by atoms with E-state index in [0.29, 0.717) is 0 Å². The van der Waals surface area contributed by atoms with Crippen molar-refractivity contribution in [3.05, 3.63) is 31.8 Å². The second kappa shape index (κ2) is 5.11. The smallest absolute Gasteiger partial charge is 0.254 e. The first-order valence-corrected chi connectivity index (χ1v) is 6.14. The van der Waals surface area contributed by atoms with Crippen LogP contribution < -0.4 is 0 Å². The van der Waals surface area contributed by atoms with E-state index in [1.807, 2.05) is 25.1 Å². The summed E-state index contributed by atoms with van der Waals surface area (Å²) in [6.07, 6.45) is 0. The summed E-state index contributed by atoms with van der Waals surface area (Å²) in [5.74, 6) is 0.0536. The Bertz CT molecular complexity index is 354. The Morgan fingerprint density at radius 1 is 1.57 bits per heavy atom. The predicted molar refractivity (Wildman–Crippen MR) is 69.5 cm³/mol. The molecule has 2 nitrogen and oxygen atoms in total. The van der Waals surface area contributed by atoms with Crippen LogP contribution in [0.15, 0.2) is 22.7 Å². The molecule has 0 aliphatic heterocycles. The van der Waals surface area contributed by atoms with Gasteiger partial charge in [0, 0.05) is 21.6 Å². The molecular formula is C10H11BrINO. The Balaban J connectivity index is 3.06. The van der Waals surface area contributed by atoms with E-state index >= 15 is 0 Å². The Hall–Kier alpha value is -0.100. The molecule has 1 aromatic rings. The Kier molecular flexibility index (Phi) is 4.37. The SMILES string of the molecule is CCN(C)C(=O)c1cc(I)ccc1Br. The summed E-state index contributed by atoms with van der Waals surface area (Å²) in [7, 11) is 1.80. The van der Waals surface area contributed by atoms with E-state index in [-0.39, 0.29) is 5.91 Å². The van der Waals surface area contributed by atoms with Gasteiger partial charge < -0.3 is 4.90 Å². The first kappa shape index (κ1) is 12.0. The van der Waals surface area contributed by atoms with Crippen molar-refractivity contribution in [2.75, 3.05) is 13.6 Å². The van der Waals surface area contributed by atoms with Crippen LogP contribution >= 0.6 is 38.5 Å². The highest BCUT2D eigenvalue weighted by Gasteiger charge is 2.13. The molecule has 1 aromatic carbocycles. The van der Waals surface area contributed by atoms with Crippen LogP contribution in [0.4, 0.5) is 0 Å². The van der Waals surface area contributed by atoms with E-state index in [0.717, 1.165) is 20.2 Å². The van der Waals surface area contributed by atoms with Gasteiger partial charge in [-0.1, -0.05) is 0 Å². The molecule has 1 amide bonds. The maximum Gasteiger partial charge on any atom is 0.254 e. The largest absolute Gasteiger partial charge is 0.342 e. The summed E-state index contributed by atoms with van der Waals surface area (Å²) >= 11 is 5.58. The molecule has 0 atom stereocenters. The quantitative estimate of drug-likeness (QED) is 0.735. The zero-order chi connectivity index (χ0) is 10.7. The monoisotopic (exact) mass is 367 g/mol. The van der Waals surface area contributed by atoms with Crippen LogP contribution in [0, 0.1) is 3.57 Å². The van der Waals surface area contributed by atoms with Crippen molar-refractivity contribution >= 4 is 44.4 Å². The molecule has 1 rings (SSSR count). The van der Waals surface area contributed by atoms with Gasteiger partial charge >= 0.3 is 0 Å². The number of rotatable bonds is 2. The molecule has 0 spiro atoms. The van der Waals surface area contributed by atoms with Crippen LogP contribution in [0.25, 0.3) is 0 Å². The molecule has 4 heteroatoms. The molecular weight excluding hydrogens is 357 g/mol. The first-order chi connectivity index (χ1) is 6.56. The molecule has 0 aliphatic rings. The fourth-order valence-electron chi connectivity index (χ4n) is 1.01. The zero-order valence-corrected chi connectivity index (χ0v) is 11.8. The number of hydrogen-bond donors (Lipinski definition) is 0. The molecule has 0 N–H and O–H groups in total. The average molecular weight is 368 g/mol. The zero-order valence-electron chi connectivity index (χ0n) is 8.05. The third kappa shape index (κ3) is 2.70. The molecule has 0 unspecified atom stereocenters. The highest BCUT2D eigenvalue weighted by Crippen LogP contribution is 2.20. The van der Waals surface area contributed by atoms with E-state index in [1.54, 1.807) is 11.9 Å². The predicted octanol–water partition coefficient (Wildman–Crippen LogP) is 3.15. The van der Waals surface area contributed by atoms with Gasteiger partial charge in [0.05, 0.1) is 5.56 Å². The van der Waals surface area contributed by atoms with Crippen LogP contribution in [-0.2, 0) is 0 Å². The first-order valence-electron chi connectivity index (χ1n) is 4.26. The molecule has 14 heavy (non-hydrogen) atoms. The van der Waals surface area contributed by atoms with Gasteiger partial charge in [-0.2, -0.15) is 0 Å². The van der Waals surface area contributed by atoms with Crippen molar-refractivity contribution in [3.8, 4) is 0 Å². The van der Waals surface area contributed by atoms with E-state index in [9.17, 15) is 4.79 Å². The maximum absolute atomic E-state index is 11.8. The molecule has 0 aromatic heterocycles. The number of carbonyl (C=O) groups is 1. The van der Waals surface area contributed by atoms with Crippen LogP contribution in [0.1, 0.15) is 17.3 Å². The van der Waals surface area contributed by atoms with Crippen LogP contribution in [0.2, 0.25) is 0 Å². The molecule has 0 fully saturated rings. The number of amides is 1. The van der Waals surface area contributed by atoms with Crippen LogP contribution in [0.5, 0.6) is 0 Å². The van der Waals surface area contributed by atoms with Crippen molar-refractivity contribution in [3.63, 3.8) is 0 Å². The summed E-state index contributed by atoms with van der Waals surface area (Å²) in [4.78, 5) is 13.5. The van der Waals surface area contributed by atoms with Gasteiger partial charge in [-0.15, -0.1) is 0 Å².